The van der Waals surface area contributed by atoms with Gasteiger partial charge in [-0.3, -0.25) is 39.3 Å². The zero-order valence-corrected chi connectivity index (χ0v) is 38.4. The number of carbonyl (C=O) groups is 5. The SMILES string of the molecule is C#Cc1c(F)ccc2cc(O)cc(-c3ncc4c(N5CC6CCC(C5)N6)nc(OC[C@@]56CC[C@@H](COC(=O)NCCNc7cccc8c7C(=O)N(C7CCC(=O)NC7=O)C8=O)N5CC(=C)C6)nc4c3F)c12. The average Bonchev–Trinajstić information content (AvgIpc) is 4.06. The lowest BCUT2D eigenvalue weighted by Gasteiger charge is -2.35. The normalized spacial score (nSPS) is 23.8. The summed E-state index contributed by atoms with van der Waals surface area (Å²) in [5.41, 5.74) is 0.806. The lowest BCUT2D eigenvalue weighted by atomic mass is 9.94. The van der Waals surface area contributed by atoms with Gasteiger partial charge < -0.3 is 35.4 Å². The molecule has 2 bridgehead atoms. The third-order valence-corrected chi connectivity index (χ3v) is 14.6. The molecule has 71 heavy (non-hydrogen) atoms. The number of hydrogen-bond donors (Lipinski definition) is 5. The molecule has 3 unspecified atom stereocenters. The number of imide groups is 2. The van der Waals surface area contributed by atoms with Crippen molar-refractivity contribution in [2.75, 3.05) is 56.2 Å². The largest absolute Gasteiger partial charge is 0.508 e. The number of piperazine rings is 1. The summed E-state index contributed by atoms with van der Waals surface area (Å²) < 4.78 is 44.5. The number of phenolic OH excluding ortho intramolecular Hbond substituents is 1. The van der Waals surface area contributed by atoms with E-state index >= 15 is 8.78 Å². The number of amides is 5. The Balaban J connectivity index is 0.772. The minimum atomic E-state index is -1.09. The van der Waals surface area contributed by atoms with Crippen LogP contribution in [0.5, 0.6) is 11.8 Å². The Morgan fingerprint density at radius 1 is 1.01 bits per heavy atom. The maximum atomic E-state index is 17.2. The van der Waals surface area contributed by atoms with Crippen molar-refractivity contribution in [3.05, 3.63) is 89.1 Å². The molecule has 5 atom stereocenters. The smallest absolute Gasteiger partial charge is 0.407 e. The number of ether oxygens (including phenoxy) is 2. The summed E-state index contributed by atoms with van der Waals surface area (Å²) in [6.45, 7) is 6.57. The Morgan fingerprint density at radius 2 is 1.83 bits per heavy atom. The molecule has 6 aliphatic rings. The van der Waals surface area contributed by atoms with Crippen LogP contribution in [0.2, 0.25) is 0 Å². The first kappa shape index (κ1) is 45.7. The monoisotopic (exact) mass is 966 g/mol. The number of aromatic nitrogens is 3. The summed E-state index contributed by atoms with van der Waals surface area (Å²) in [5.74, 6) is -1.25. The molecule has 3 aromatic carbocycles. The van der Waals surface area contributed by atoms with E-state index in [1.54, 1.807) is 12.1 Å². The molecule has 11 rings (SSSR count). The highest BCUT2D eigenvalue weighted by atomic mass is 19.1. The molecular formula is C51H48F2N10O8. The standard InChI is InChI=1S/C51H48F2N10O8/c1-3-32-36(52)10-7-27-17-31(64)18-34(40(27)32)43-42(53)44-35(20-56-43)45(61-22-28-8-9-29(23-61)57-28)60-49(59-44)71-25-51-14-13-30(62(51)21-26(2)19-51)24-70-50(69)55-16-15-54-37-6-4-5-33-41(37)48(68)63(47(33)67)38-11-12-39(65)58-46(38)66/h1,4-7,10,17-18,20,28-30,38,54,57,64H,2,8-9,11-16,19,21-25H2,(H,55,69)(H,58,65,66)/t28?,29?,30-,38?,51-/m0/s1. The van der Waals surface area contributed by atoms with Gasteiger partial charge in [0.1, 0.15) is 47.9 Å². The number of nitrogens with one attached hydrogen (secondary N) is 4. The molecule has 0 radical (unpaired) electrons. The van der Waals surface area contributed by atoms with E-state index in [0.29, 0.717) is 61.2 Å². The fraction of sp³-hybridized carbons (Fsp3) is 0.373. The fourth-order valence-corrected chi connectivity index (χ4v) is 11.4. The number of halogens is 2. The van der Waals surface area contributed by atoms with Gasteiger partial charge in [-0.15, -0.1) is 6.42 Å². The maximum absolute atomic E-state index is 17.2. The number of piperidine rings is 1. The van der Waals surface area contributed by atoms with Crippen LogP contribution in [-0.2, 0) is 14.3 Å². The second kappa shape index (κ2) is 17.9. The van der Waals surface area contributed by atoms with E-state index < -0.39 is 52.9 Å². The highest BCUT2D eigenvalue weighted by Crippen LogP contribution is 2.45. The zero-order valence-electron chi connectivity index (χ0n) is 38.4. The molecule has 5 amide bonds. The molecule has 6 aliphatic heterocycles. The summed E-state index contributed by atoms with van der Waals surface area (Å²) in [4.78, 5) is 83.2. The first-order valence-electron chi connectivity index (χ1n) is 23.6. The van der Waals surface area contributed by atoms with Crippen LogP contribution < -0.4 is 30.9 Å². The van der Waals surface area contributed by atoms with Crippen molar-refractivity contribution >= 4 is 62.9 Å². The van der Waals surface area contributed by atoms with Crippen LogP contribution in [-0.4, -0.2) is 135 Å². The van der Waals surface area contributed by atoms with Gasteiger partial charge in [0.2, 0.25) is 11.8 Å². The highest BCUT2D eigenvalue weighted by molar-refractivity contribution is 6.25. The Kier molecular flexibility index (Phi) is 11.5. The van der Waals surface area contributed by atoms with Crippen LogP contribution in [0.15, 0.2) is 60.8 Å². The molecule has 5 aromatic rings. The molecule has 8 heterocycles. The van der Waals surface area contributed by atoms with Crippen LogP contribution in [0.25, 0.3) is 32.9 Å². The van der Waals surface area contributed by atoms with Gasteiger partial charge in [0.25, 0.3) is 11.8 Å². The van der Waals surface area contributed by atoms with Gasteiger partial charge in [-0.05, 0) is 74.2 Å². The number of rotatable bonds is 12. The molecule has 364 valence electrons. The van der Waals surface area contributed by atoms with Crippen molar-refractivity contribution in [1.29, 1.82) is 0 Å². The van der Waals surface area contributed by atoms with Gasteiger partial charge in [-0.25, -0.2) is 13.6 Å². The number of anilines is 2. The van der Waals surface area contributed by atoms with E-state index in [4.69, 9.17) is 20.9 Å². The first-order chi connectivity index (χ1) is 34.3. The first-order valence-corrected chi connectivity index (χ1v) is 23.6. The van der Waals surface area contributed by atoms with Crippen LogP contribution in [0, 0.1) is 24.0 Å². The number of fused-ring (bicyclic) bond motifs is 6. The average molecular weight is 967 g/mol. The summed E-state index contributed by atoms with van der Waals surface area (Å²) in [6, 6.07) is 9.27. The van der Waals surface area contributed by atoms with Gasteiger partial charge in [-0.1, -0.05) is 30.2 Å². The molecule has 5 N–H and O–H groups in total. The number of phenols is 1. The second-order valence-electron chi connectivity index (χ2n) is 19.1. The fourth-order valence-electron chi connectivity index (χ4n) is 11.4. The molecule has 18 nitrogen and oxygen atoms in total. The molecule has 0 aliphatic carbocycles. The Labute approximate surface area is 405 Å². The number of alkyl carbamates (subject to hydrolysis) is 1. The molecular weight excluding hydrogens is 919 g/mol. The number of aromatic hydroxyl groups is 1. The zero-order chi connectivity index (χ0) is 49.3. The summed E-state index contributed by atoms with van der Waals surface area (Å²) in [5, 5.41) is 23.3. The van der Waals surface area contributed by atoms with Crippen LogP contribution in [0.4, 0.5) is 25.1 Å². The Morgan fingerprint density at radius 3 is 2.62 bits per heavy atom. The summed E-state index contributed by atoms with van der Waals surface area (Å²) in [6.07, 6.45) is 10.6. The van der Waals surface area contributed by atoms with Crippen molar-refractivity contribution in [3.8, 4) is 35.4 Å². The van der Waals surface area contributed by atoms with Gasteiger partial charge >= 0.3 is 12.1 Å². The molecule has 0 spiro atoms. The number of hydrogen-bond acceptors (Lipinski definition) is 15. The maximum Gasteiger partial charge on any atom is 0.407 e. The molecule has 5 fully saturated rings. The third-order valence-electron chi connectivity index (χ3n) is 14.6. The van der Waals surface area contributed by atoms with E-state index in [-0.39, 0.29) is 108 Å². The van der Waals surface area contributed by atoms with E-state index in [2.05, 4.69) is 53.5 Å². The lowest BCUT2D eigenvalue weighted by Crippen LogP contribution is -2.54. The minimum absolute atomic E-state index is 0.00859. The van der Waals surface area contributed by atoms with Gasteiger partial charge in [0, 0.05) is 80.1 Å². The third kappa shape index (κ3) is 8.08. The number of pyridine rings is 1. The van der Waals surface area contributed by atoms with Gasteiger partial charge in [0.15, 0.2) is 5.82 Å². The molecule has 5 saturated heterocycles. The number of carbonyl (C=O) groups excluding carboxylic acids is 5. The van der Waals surface area contributed by atoms with E-state index in [0.717, 1.165) is 23.3 Å². The van der Waals surface area contributed by atoms with Crippen LogP contribution in [0.1, 0.15) is 71.2 Å². The van der Waals surface area contributed by atoms with Crippen LogP contribution in [0.3, 0.4) is 0 Å². The molecule has 2 aromatic heterocycles. The van der Waals surface area contributed by atoms with Crippen LogP contribution >= 0.6 is 0 Å². The van der Waals surface area contributed by atoms with Crippen molar-refractivity contribution < 1.29 is 47.3 Å². The van der Waals surface area contributed by atoms with Crippen molar-refractivity contribution in [1.82, 2.24) is 40.7 Å². The molecule has 0 saturated carbocycles. The minimum Gasteiger partial charge on any atom is -0.508 e. The lowest BCUT2D eigenvalue weighted by molar-refractivity contribution is -0.136. The van der Waals surface area contributed by atoms with Gasteiger partial charge in [-0.2, -0.15) is 9.97 Å². The number of nitrogens with zero attached hydrogens (tertiary/aromatic N) is 6. The quantitative estimate of drug-likeness (QED) is 0.0502. The number of benzene rings is 3. The number of terminal acetylenes is 1. The van der Waals surface area contributed by atoms with Crippen molar-refractivity contribution in [2.45, 2.75) is 74.7 Å². The van der Waals surface area contributed by atoms with Crippen molar-refractivity contribution in [3.63, 3.8) is 0 Å². The summed E-state index contributed by atoms with van der Waals surface area (Å²) in [7, 11) is 0. The van der Waals surface area contributed by atoms with E-state index in [1.165, 1.54) is 36.5 Å². The van der Waals surface area contributed by atoms with Gasteiger partial charge in [0.05, 0.1) is 27.6 Å². The van der Waals surface area contributed by atoms with E-state index in [1.807, 2.05) is 0 Å². The Bertz CT molecular complexity index is 3170. The van der Waals surface area contributed by atoms with E-state index in [9.17, 15) is 29.1 Å². The highest BCUT2D eigenvalue weighted by Gasteiger charge is 2.52. The topological polar surface area (TPSA) is 221 Å². The summed E-state index contributed by atoms with van der Waals surface area (Å²) >= 11 is 0. The second-order valence-corrected chi connectivity index (χ2v) is 19.1. The predicted molar refractivity (Wildman–Crippen MR) is 255 cm³/mol. The molecule has 20 heteroatoms. The Hall–Kier alpha value is -7.76. The predicted octanol–water partition coefficient (Wildman–Crippen LogP) is 4.53. The van der Waals surface area contributed by atoms with Crippen molar-refractivity contribution in [2.24, 2.45) is 0 Å².